The van der Waals surface area contributed by atoms with Crippen LogP contribution in [-0.2, 0) is 25.7 Å². The van der Waals surface area contributed by atoms with Crippen LogP contribution in [0.3, 0.4) is 0 Å². The first-order valence-electron chi connectivity index (χ1n) is 12.2. The number of aliphatic carboxylic acids is 3. The number of carboxylic acids is 3. The molecule has 2 aliphatic rings. The van der Waals surface area contributed by atoms with E-state index in [0.29, 0.717) is 11.3 Å². The first kappa shape index (κ1) is 38.3. The Hall–Kier alpha value is -3.71. The molecule has 2 saturated heterocycles. The van der Waals surface area contributed by atoms with E-state index in [1.807, 2.05) is 0 Å². The minimum atomic E-state index is -5.08. The number of para-hydroxylation sites is 1. The summed E-state index contributed by atoms with van der Waals surface area (Å²) in [5, 5.41) is 22.6. The molecule has 2 aromatic rings. The van der Waals surface area contributed by atoms with Crippen molar-refractivity contribution in [2.24, 2.45) is 11.3 Å². The van der Waals surface area contributed by atoms with Crippen molar-refractivity contribution in [3.63, 3.8) is 0 Å². The quantitative estimate of drug-likeness (QED) is 0.413. The Bertz CT molecular complexity index is 1210. The standard InChI is InChI=1S/C19H25N3O.3C2HF3O2/c1-21(2)12-19-13-22(9-16(19)11-23-14-19)10-17-8-7-15-5-3-4-6-18(15)20-17;3*3-2(4,5)1(6)7/h3-8,16H,9-14H2,1-2H3;3*(H,6,7)/t16-,19+;;;/m1.../s1. The number of fused-ring (bicyclic) bond motifs is 2. The zero-order valence-electron chi connectivity index (χ0n) is 23.0. The van der Waals surface area contributed by atoms with E-state index in [0.717, 1.165) is 44.9 Å². The molecule has 0 aliphatic carbocycles. The summed E-state index contributed by atoms with van der Waals surface area (Å²) in [7, 11) is 4.33. The van der Waals surface area contributed by atoms with Crippen molar-refractivity contribution in [3.05, 3.63) is 42.1 Å². The van der Waals surface area contributed by atoms with Crippen molar-refractivity contribution in [3.8, 4) is 0 Å². The Morgan fingerprint density at radius 2 is 1.36 bits per heavy atom. The van der Waals surface area contributed by atoms with Crippen molar-refractivity contribution < 1.29 is 74.0 Å². The van der Waals surface area contributed by atoms with E-state index in [9.17, 15) is 39.5 Å². The number of halogens is 9. The number of hydrogen-bond acceptors (Lipinski definition) is 7. The Labute approximate surface area is 243 Å². The number of hydrogen-bond donors (Lipinski definition) is 3. The van der Waals surface area contributed by atoms with E-state index in [1.165, 1.54) is 11.1 Å². The second-order valence-electron chi connectivity index (χ2n) is 9.89. The Morgan fingerprint density at radius 1 is 0.886 bits per heavy atom. The maximum absolute atomic E-state index is 10.6. The van der Waals surface area contributed by atoms with E-state index in [2.05, 4.69) is 60.3 Å². The van der Waals surface area contributed by atoms with Gasteiger partial charge in [-0.3, -0.25) is 9.88 Å². The van der Waals surface area contributed by atoms with Crippen LogP contribution in [0.4, 0.5) is 39.5 Å². The van der Waals surface area contributed by atoms with Gasteiger partial charge in [0.25, 0.3) is 0 Å². The van der Waals surface area contributed by atoms with Crippen LogP contribution in [0.25, 0.3) is 10.9 Å². The zero-order valence-corrected chi connectivity index (χ0v) is 23.0. The largest absolute Gasteiger partial charge is 0.490 e. The number of carboxylic acid groups (broad SMARTS) is 3. The Balaban J connectivity index is 0.000000379. The molecule has 248 valence electrons. The van der Waals surface area contributed by atoms with Gasteiger partial charge in [0.1, 0.15) is 0 Å². The summed E-state index contributed by atoms with van der Waals surface area (Å²) in [6, 6.07) is 12.7. The SMILES string of the molecule is CN(C)C[C@]12COC[C@H]1CN(Cc1ccc3ccccc3n1)C2.O=C(O)C(F)(F)F.O=C(O)C(F)(F)F.O=C(O)C(F)(F)F. The van der Waals surface area contributed by atoms with Gasteiger partial charge in [-0.05, 0) is 26.2 Å². The Morgan fingerprint density at radius 3 is 1.82 bits per heavy atom. The van der Waals surface area contributed by atoms with Crippen LogP contribution in [0.15, 0.2) is 36.4 Å². The minimum absolute atomic E-state index is 0.306. The molecule has 0 amide bonds. The number of benzene rings is 1. The van der Waals surface area contributed by atoms with Crippen molar-refractivity contribution in [1.29, 1.82) is 0 Å². The van der Waals surface area contributed by atoms with Gasteiger partial charge in [-0.1, -0.05) is 24.3 Å². The van der Waals surface area contributed by atoms with Crippen LogP contribution in [0.1, 0.15) is 5.69 Å². The maximum Gasteiger partial charge on any atom is 0.490 e. The zero-order chi connectivity index (χ0) is 34.1. The van der Waals surface area contributed by atoms with Gasteiger partial charge < -0.3 is 25.0 Å². The van der Waals surface area contributed by atoms with Crippen LogP contribution >= 0.6 is 0 Å². The van der Waals surface area contributed by atoms with Gasteiger partial charge in [-0.25, -0.2) is 14.4 Å². The lowest BCUT2D eigenvalue weighted by Crippen LogP contribution is -2.40. The second kappa shape index (κ2) is 15.3. The lowest BCUT2D eigenvalue weighted by atomic mass is 9.81. The fourth-order valence-electron chi connectivity index (χ4n) is 4.34. The van der Waals surface area contributed by atoms with E-state index in [-0.39, 0.29) is 0 Å². The molecule has 0 radical (unpaired) electrons. The molecule has 0 spiro atoms. The fraction of sp³-hybridized carbons (Fsp3) is 0.520. The van der Waals surface area contributed by atoms with Gasteiger partial charge in [0.15, 0.2) is 0 Å². The highest BCUT2D eigenvalue weighted by Gasteiger charge is 2.50. The predicted molar refractivity (Wildman–Crippen MR) is 133 cm³/mol. The molecule has 4 rings (SSSR count). The molecule has 0 unspecified atom stereocenters. The van der Waals surface area contributed by atoms with Crippen LogP contribution in [-0.4, -0.2) is 113 Å². The van der Waals surface area contributed by atoms with Gasteiger partial charge in [-0.2, -0.15) is 39.5 Å². The summed E-state index contributed by atoms with van der Waals surface area (Å²) in [5.41, 5.74) is 2.57. The Kier molecular flexibility index (Phi) is 13.4. The van der Waals surface area contributed by atoms with Crippen LogP contribution in [0.5, 0.6) is 0 Å². The fourth-order valence-corrected chi connectivity index (χ4v) is 4.34. The smallest absolute Gasteiger partial charge is 0.475 e. The average Bonchev–Trinajstić information content (AvgIpc) is 3.38. The van der Waals surface area contributed by atoms with Gasteiger partial charge in [-0.15, -0.1) is 0 Å². The van der Waals surface area contributed by atoms with Gasteiger partial charge >= 0.3 is 36.4 Å². The van der Waals surface area contributed by atoms with Gasteiger partial charge in [0.05, 0.1) is 24.4 Å². The van der Waals surface area contributed by atoms with E-state index >= 15 is 0 Å². The molecule has 0 saturated carbocycles. The number of aromatic nitrogens is 1. The molecule has 2 fully saturated rings. The highest BCUT2D eigenvalue weighted by atomic mass is 19.4. The van der Waals surface area contributed by atoms with Gasteiger partial charge in [0.2, 0.25) is 0 Å². The highest BCUT2D eigenvalue weighted by molar-refractivity contribution is 5.78. The third-order valence-electron chi connectivity index (χ3n) is 5.99. The molecule has 0 bridgehead atoms. The summed E-state index contributed by atoms with van der Waals surface area (Å²) in [5.74, 6) is -7.61. The molecule has 3 heterocycles. The topological polar surface area (TPSA) is 140 Å². The molecular formula is C25H28F9N3O7. The molecule has 44 heavy (non-hydrogen) atoms. The monoisotopic (exact) mass is 653 g/mol. The summed E-state index contributed by atoms with van der Waals surface area (Å²) < 4.78 is 101. The van der Waals surface area contributed by atoms with E-state index in [4.69, 9.17) is 39.4 Å². The van der Waals surface area contributed by atoms with E-state index < -0.39 is 36.4 Å². The second-order valence-corrected chi connectivity index (χ2v) is 9.89. The third kappa shape index (κ3) is 12.5. The molecule has 2 atom stereocenters. The number of carbonyl (C=O) groups is 3. The summed E-state index contributed by atoms with van der Waals surface area (Å²) in [6.07, 6.45) is -15.3. The van der Waals surface area contributed by atoms with Crippen molar-refractivity contribution in [1.82, 2.24) is 14.8 Å². The predicted octanol–water partition coefficient (Wildman–Crippen LogP) is 4.14. The minimum Gasteiger partial charge on any atom is -0.475 e. The van der Waals surface area contributed by atoms with Crippen molar-refractivity contribution in [2.75, 3.05) is 46.9 Å². The van der Waals surface area contributed by atoms with Crippen LogP contribution in [0, 0.1) is 11.3 Å². The van der Waals surface area contributed by atoms with Crippen LogP contribution in [0.2, 0.25) is 0 Å². The molecule has 19 heteroatoms. The lowest BCUT2D eigenvalue weighted by Gasteiger charge is -2.30. The molecule has 2 aliphatic heterocycles. The number of pyridine rings is 1. The summed E-state index contributed by atoms with van der Waals surface area (Å²) >= 11 is 0. The summed E-state index contributed by atoms with van der Waals surface area (Å²) in [4.78, 5) is 36.4. The normalized spacial score (nSPS) is 20.0. The first-order chi connectivity index (χ1) is 20.0. The van der Waals surface area contributed by atoms with Crippen molar-refractivity contribution >= 4 is 28.8 Å². The van der Waals surface area contributed by atoms with E-state index in [1.54, 1.807) is 0 Å². The van der Waals surface area contributed by atoms with Gasteiger partial charge in [0, 0.05) is 42.9 Å². The molecule has 3 N–H and O–H groups in total. The van der Waals surface area contributed by atoms with Crippen LogP contribution < -0.4 is 0 Å². The summed E-state index contributed by atoms with van der Waals surface area (Å²) in [6.45, 7) is 6.11. The number of rotatable bonds is 4. The number of ether oxygens (including phenoxy) is 1. The molecule has 1 aromatic carbocycles. The first-order valence-corrected chi connectivity index (χ1v) is 12.2. The van der Waals surface area contributed by atoms with Crippen molar-refractivity contribution in [2.45, 2.75) is 25.1 Å². The number of nitrogens with zero attached hydrogens (tertiary/aromatic N) is 3. The highest BCUT2D eigenvalue weighted by Crippen LogP contribution is 2.42. The molecule has 1 aromatic heterocycles. The molecule has 10 nitrogen and oxygen atoms in total. The number of alkyl halides is 9. The third-order valence-corrected chi connectivity index (χ3v) is 5.99. The average molecular weight is 653 g/mol. The maximum atomic E-state index is 10.6. The number of likely N-dealkylation sites (tertiary alicyclic amines) is 1. The molecular weight excluding hydrogens is 625 g/mol. The lowest BCUT2D eigenvalue weighted by molar-refractivity contribution is -0.193.